The van der Waals surface area contributed by atoms with Gasteiger partial charge in [0.1, 0.15) is 0 Å². The van der Waals surface area contributed by atoms with Gasteiger partial charge in [-0.05, 0) is 25.0 Å². The normalized spacial score (nSPS) is 26.5. The van der Waals surface area contributed by atoms with Gasteiger partial charge in [0.25, 0.3) is 0 Å². The third kappa shape index (κ3) is 4.59. The maximum absolute atomic E-state index is 6.21. The molecule has 32 heavy (non-hydrogen) atoms. The van der Waals surface area contributed by atoms with Gasteiger partial charge in [0, 0.05) is 50.3 Å². The Morgan fingerprint density at radius 1 is 0.750 bits per heavy atom. The molecule has 0 bridgehead atoms. The van der Waals surface area contributed by atoms with Crippen LogP contribution in [-0.4, -0.2) is 70.3 Å². The molecular weight excluding hydrogens is 426 g/mol. The summed E-state index contributed by atoms with van der Waals surface area (Å²) in [5.41, 5.74) is 25.8. The lowest BCUT2D eigenvalue weighted by atomic mass is 10.0. The molecule has 0 unspecified atom stereocenters. The number of para-hydroxylation sites is 1. The molecule has 1 aromatic carbocycles. The van der Waals surface area contributed by atoms with E-state index in [0.717, 1.165) is 23.1 Å². The smallest absolute Gasteiger partial charge is 0.235 e. The van der Waals surface area contributed by atoms with E-state index >= 15 is 0 Å². The molecule has 0 saturated carbocycles. The predicted octanol–water partition coefficient (Wildman–Crippen LogP) is -0.0457. The van der Waals surface area contributed by atoms with Crippen LogP contribution in [0.2, 0.25) is 0 Å². The van der Waals surface area contributed by atoms with Crippen LogP contribution in [0.5, 0.6) is 0 Å². The molecule has 2 aromatic heterocycles. The van der Waals surface area contributed by atoms with E-state index in [1.54, 1.807) is 11.3 Å². The fraction of sp³-hybridized carbons (Fsp3) is 0.500. The molecule has 0 spiro atoms. The summed E-state index contributed by atoms with van der Waals surface area (Å²) in [5, 5.41) is 3.98. The van der Waals surface area contributed by atoms with Crippen LogP contribution in [0.15, 0.2) is 24.3 Å². The number of benzene rings is 1. The first-order chi connectivity index (χ1) is 15.4. The molecule has 2 saturated heterocycles. The van der Waals surface area contributed by atoms with E-state index in [4.69, 9.17) is 27.9 Å². The van der Waals surface area contributed by atoms with E-state index in [0.29, 0.717) is 49.2 Å². The van der Waals surface area contributed by atoms with E-state index in [1.165, 1.54) is 0 Å². The summed E-state index contributed by atoms with van der Waals surface area (Å²) >= 11 is 1.55. The first kappa shape index (κ1) is 21.2. The van der Waals surface area contributed by atoms with Gasteiger partial charge in [0.15, 0.2) is 5.13 Å². The topological polar surface area (TPSA) is 174 Å². The second-order valence-corrected chi connectivity index (χ2v) is 9.72. The van der Waals surface area contributed by atoms with Gasteiger partial charge in [-0.3, -0.25) is 5.32 Å². The van der Waals surface area contributed by atoms with E-state index < -0.39 is 0 Å². The molecule has 0 aliphatic carbocycles. The number of nitrogens with two attached hydrogens (primary N) is 4. The Morgan fingerprint density at radius 3 is 1.81 bits per heavy atom. The molecule has 11 nitrogen and oxygen atoms in total. The molecule has 0 amide bonds. The number of nitrogens with zero attached hydrogens (tertiary/aromatic N) is 6. The zero-order valence-corrected chi connectivity index (χ0v) is 18.6. The number of hydrogen-bond donors (Lipinski definition) is 5. The van der Waals surface area contributed by atoms with E-state index in [2.05, 4.69) is 20.3 Å². The predicted molar refractivity (Wildman–Crippen MR) is 128 cm³/mol. The lowest BCUT2D eigenvalue weighted by Gasteiger charge is -2.36. The molecular formula is C20H29N11S. The van der Waals surface area contributed by atoms with Gasteiger partial charge in [-0.2, -0.15) is 15.0 Å². The number of anilines is 4. The highest BCUT2D eigenvalue weighted by molar-refractivity contribution is 7.22. The van der Waals surface area contributed by atoms with Gasteiger partial charge >= 0.3 is 0 Å². The molecule has 5 rings (SSSR count). The molecule has 9 N–H and O–H groups in total. The van der Waals surface area contributed by atoms with Gasteiger partial charge in [-0.1, -0.05) is 23.5 Å². The molecule has 2 aliphatic heterocycles. The summed E-state index contributed by atoms with van der Waals surface area (Å²) in [4.78, 5) is 22.8. The van der Waals surface area contributed by atoms with Crippen molar-refractivity contribution in [1.82, 2.24) is 19.9 Å². The summed E-state index contributed by atoms with van der Waals surface area (Å²) in [6, 6.07) is 7.86. The standard InChI is InChI=1S/C20H29N11S/c21-11-5-12(22)8-30(7-11)18-26-17(28-20-25-15-3-1-2-4-16(15)32-20)27-19(29-18)31-9-13(23)6-14(24)10-31/h1-4,11-14H,5-10,21-24H2,(H,25,26,27,28,29)/t11-,12+,13-,14+. The van der Waals surface area contributed by atoms with Gasteiger partial charge in [-0.25, -0.2) is 4.98 Å². The third-order valence-electron chi connectivity index (χ3n) is 5.72. The fourth-order valence-corrected chi connectivity index (χ4v) is 5.26. The van der Waals surface area contributed by atoms with Crippen LogP contribution in [0, 0.1) is 0 Å². The van der Waals surface area contributed by atoms with Crippen molar-refractivity contribution in [3.05, 3.63) is 24.3 Å². The minimum absolute atomic E-state index is 0.0310. The van der Waals surface area contributed by atoms with Crippen molar-refractivity contribution in [2.45, 2.75) is 37.0 Å². The van der Waals surface area contributed by atoms with E-state index in [-0.39, 0.29) is 24.2 Å². The number of nitrogens with one attached hydrogen (secondary N) is 1. The Kier molecular flexibility index (Phi) is 5.78. The Hall–Kier alpha value is -2.64. The van der Waals surface area contributed by atoms with E-state index in [1.807, 2.05) is 34.1 Å². The van der Waals surface area contributed by atoms with Crippen molar-refractivity contribution in [3.63, 3.8) is 0 Å². The fourth-order valence-electron chi connectivity index (χ4n) is 4.40. The average molecular weight is 456 g/mol. The largest absolute Gasteiger partial charge is 0.338 e. The summed E-state index contributed by atoms with van der Waals surface area (Å²) in [6.07, 6.45) is 1.56. The van der Waals surface area contributed by atoms with Crippen molar-refractivity contribution in [1.29, 1.82) is 0 Å². The molecule has 4 atom stereocenters. The van der Waals surface area contributed by atoms with Crippen molar-refractivity contribution >= 4 is 44.5 Å². The molecule has 12 heteroatoms. The Labute approximate surface area is 190 Å². The Morgan fingerprint density at radius 2 is 1.28 bits per heavy atom. The monoisotopic (exact) mass is 455 g/mol. The zero-order chi connectivity index (χ0) is 22.2. The number of fused-ring (bicyclic) bond motifs is 1. The van der Waals surface area contributed by atoms with Crippen LogP contribution < -0.4 is 38.1 Å². The number of hydrogen-bond acceptors (Lipinski definition) is 12. The van der Waals surface area contributed by atoms with Crippen molar-refractivity contribution in [3.8, 4) is 0 Å². The summed E-state index contributed by atoms with van der Waals surface area (Å²) in [7, 11) is 0. The maximum Gasteiger partial charge on any atom is 0.235 e. The minimum atomic E-state index is -0.0310. The molecule has 3 aromatic rings. The highest BCUT2D eigenvalue weighted by atomic mass is 32.1. The van der Waals surface area contributed by atoms with Crippen LogP contribution in [-0.2, 0) is 0 Å². The first-order valence-electron chi connectivity index (χ1n) is 10.8. The van der Waals surface area contributed by atoms with E-state index in [9.17, 15) is 0 Å². The average Bonchev–Trinajstić information content (AvgIpc) is 3.14. The zero-order valence-electron chi connectivity index (χ0n) is 17.8. The van der Waals surface area contributed by atoms with Crippen LogP contribution in [0.25, 0.3) is 10.2 Å². The number of thiazole rings is 1. The summed E-state index contributed by atoms with van der Waals surface area (Å²) in [5.74, 6) is 1.50. The number of aromatic nitrogens is 4. The van der Waals surface area contributed by atoms with Gasteiger partial charge < -0.3 is 32.7 Å². The minimum Gasteiger partial charge on any atom is -0.338 e. The lowest BCUT2D eigenvalue weighted by molar-refractivity contribution is 0.441. The van der Waals surface area contributed by atoms with Crippen LogP contribution >= 0.6 is 11.3 Å². The summed E-state index contributed by atoms with van der Waals surface area (Å²) < 4.78 is 1.09. The van der Waals surface area contributed by atoms with Gasteiger partial charge in [0.05, 0.1) is 10.2 Å². The summed E-state index contributed by atoms with van der Waals surface area (Å²) in [6.45, 7) is 2.54. The van der Waals surface area contributed by atoms with Crippen LogP contribution in [0.4, 0.5) is 23.0 Å². The quantitative estimate of drug-likeness (QED) is 0.357. The Bertz CT molecular complexity index is 991. The number of piperidine rings is 2. The Balaban J connectivity index is 1.49. The highest BCUT2D eigenvalue weighted by Crippen LogP contribution is 2.29. The third-order valence-corrected chi connectivity index (χ3v) is 6.67. The van der Waals surface area contributed by atoms with Crippen molar-refractivity contribution in [2.75, 3.05) is 41.3 Å². The SMILES string of the molecule is N[C@@H]1C[C@H](N)CN(c2nc(Nc3nc4ccccc4s3)nc(N3C[C@H](N)C[C@H](N)C3)n2)C1. The first-order valence-corrected chi connectivity index (χ1v) is 11.7. The molecule has 2 aliphatic rings. The number of rotatable bonds is 4. The second kappa shape index (κ2) is 8.71. The van der Waals surface area contributed by atoms with Crippen LogP contribution in [0.3, 0.4) is 0 Å². The second-order valence-electron chi connectivity index (χ2n) is 8.69. The molecule has 2 fully saturated rings. The van der Waals surface area contributed by atoms with Gasteiger partial charge in [-0.15, -0.1) is 0 Å². The van der Waals surface area contributed by atoms with Crippen molar-refractivity contribution in [2.24, 2.45) is 22.9 Å². The van der Waals surface area contributed by atoms with Crippen molar-refractivity contribution < 1.29 is 0 Å². The van der Waals surface area contributed by atoms with Crippen LogP contribution in [0.1, 0.15) is 12.8 Å². The molecule has 0 radical (unpaired) electrons. The maximum atomic E-state index is 6.21. The molecule has 4 heterocycles. The van der Waals surface area contributed by atoms with Gasteiger partial charge in [0.2, 0.25) is 17.8 Å². The molecule has 170 valence electrons. The lowest BCUT2D eigenvalue weighted by Crippen LogP contribution is -2.54. The highest BCUT2D eigenvalue weighted by Gasteiger charge is 2.28.